The van der Waals surface area contributed by atoms with Gasteiger partial charge in [-0.1, -0.05) is 36.4 Å². The van der Waals surface area contributed by atoms with Crippen LogP contribution in [-0.2, 0) is 19.2 Å². The normalized spacial score (nSPS) is 11.9. The summed E-state index contributed by atoms with van der Waals surface area (Å²) in [5, 5.41) is 60.4. The lowest BCUT2D eigenvalue weighted by Crippen LogP contribution is -2.40. The Morgan fingerprint density at radius 3 is 1.10 bits per heavy atom. The van der Waals surface area contributed by atoms with Gasteiger partial charge in [0, 0.05) is 36.8 Å². The number of fused-ring (bicyclic) bond motifs is 2. The summed E-state index contributed by atoms with van der Waals surface area (Å²) >= 11 is 0. The van der Waals surface area contributed by atoms with E-state index in [1.807, 2.05) is 0 Å². The number of ketones is 2. The number of carboxylic acid groups (broad SMARTS) is 4. The van der Waals surface area contributed by atoms with Crippen molar-refractivity contribution >= 4 is 57.0 Å². The van der Waals surface area contributed by atoms with Gasteiger partial charge in [0.05, 0.1) is 0 Å². The average molecular weight is 583 g/mol. The molecule has 6 N–H and O–H groups in total. The van der Waals surface area contributed by atoms with Gasteiger partial charge in [-0.15, -0.1) is 0 Å². The molecule has 0 aromatic heterocycles. The van der Waals surface area contributed by atoms with E-state index in [2.05, 4.69) is 0 Å². The van der Waals surface area contributed by atoms with E-state index in [4.69, 9.17) is 20.4 Å². The van der Waals surface area contributed by atoms with Crippen molar-refractivity contribution in [3.63, 3.8) is 0 Å². The monoisotopic (exact) mass is 582 g/mol. The van der Waals surface area contributed by atoms with Crippen molar-refractivity contribution in [1.29, 1.82) is 0 Å². The number of hydrogen-bond acceptors (Lipinski definition) is 8. The van der Waals surface area contributed by atoms with Gasteiger partial charge in [0.15, 0.2) is 11.6 Å². The molecule has 0 heterocycles. The first-order valence-electron chi connectivity index (χ1n) is 13.0. The van der Waals surface area contributed by atoms with Crippen LogP contribution in [0, 0.1) is 0 Å². The summed E-state index contributed by atoms with van der Waals surface area (Å²) in [5.41, 5.74) is -4.74. The average Bonchev–Trinajstić information content (AvgIpc) is 2.94. The van der Waals surface area contributed by atoms with Crippen LogP contribution in [0.15, 0.2) is 48.5 Å². The number of carboxylic acids is 4. The second-order valence-electron chi connectivity index (χ2n) is 10.2. The summed E-state index contributed by atoms with van der Waals surface area (Å²) in [5.74, 6) is -6.97. The molecule has 0 radical (unpaired) electrons. The first-order valence-corrected chi connectivity index (χ1v) is 13.0. The Kier molecular flexibility index (Phi) is 9.76. The fraction of sp³-hybridized carbons (Fsp3) is 0.333. The molecule has 0 aliphatic carbocycles. The third-order valence-corrected chi connectivity index (χ3v) is 7.22. The molecule has 12 heteroatoms. The number of Topliss-reactive ketones (excluding diaryl/α,β-unsaturated/α-hetero) is 2. The molecule has 0 aliphatic rings. The minimum Gasteiger partial charge on any atom is -0.481 e. The molecule has 0 bridgehead atoms. The maximum absolute atomic E-state index is 13.7. The number of carbonyl (C=O) groups excluding carboxylic acids is 2. The number of rotatable bonds is 16. The zero-order valence-electron chi connectivity index (χ0n) is 22.4. The smallest absolute Gasteiger partial charge is 0.303 e. The van der Waals surface area contributed by atoms with Gasteiger partial charge in [0.25, 0.3) is 0 Å². The third-order valence-electron chi connectivity index (χ3n) is 7.22. The number of carbonyl (C=O) groups is 6. The van der Waals surface area contributed by atoms with Crippen molar-refractivity contribution in [3.8, 4) is 0 Å². The summed E-state index contributed by atoms with van der Waals surface area (Å²) in [7, 11) is 0. The Balaban J connectivity index is 2.18. The molecule has 0 unspecified atom stereocenters. The molecule has 3 aromatic carbocycles. The van der Waals surface area contributed by atoms with E-state index in [1.165, 1.54) is 30.3 Å². The van der Waals surface area contributed by atoms with Crippen LogP contribution in [0.25, 0.3) is 21.5 Å². The first kappa shape index (κ1) is 31.8. The maximum atomic E-state index is 13.7. The minimum atomic E-state index is -2.32. The predicted molar refractivity (Wildman–Crippen MR) is 147 cm³/mol. The van der Waals surface area contributed by atoms with E-state index in [9.17, 15) is 39.0 Å². The standard InChI is InChI=1S/C30H30O12/c31-23(32)7-11-29(41,12-8-24(33)34)27(39)19-5-1-3-17-15-18-4-2-6-20(22(18)16-21(17)19)28(40)30(42,13-9-25(35)36)14-10-26(37)38/h1-6,15-16,41-42H,7-14H2,(H,31,32)(H,33,34)(H,35,36)(H,37,38). The van der Waals surface area contributed by atoms with Crippen molar-refractivity contribution in [3.05, 3.63) is 59.7 Å². The van der Waals surface area contributed by atoms with Crippen molar-refractivity contribution in [2.75, 3.05) is 0 Å². The summed E-state index contributed by atoms with van der Waals surface area (Å²) in [6.45, 7) is 0. The van der Waals surface area contributed by atoms with Gasteiger partial charge in [-0.2, -0.15) is 0 Å². The Morgan fingerprint density at radius 2 is 0.810 bits per heavy atom. The van der Waals surface area contributed by atoms with Crippen molar-refractivity contribution < 1.29 is 59.4 Å². The second-order valence-corrected chi connectivity index (χ2v) is 10.2. The van der Waals surface area contributed by atoms with Gasteiger partial charge in [-0.05, 0) is 59.4 Å². The SMILES string of the molecule is O=C(O)CCC(O)(CCC(=O)O)C(=O)c1cccc2cc3cccc(C(=O)C(O)(CCC(=O)O)CCC(=O)O)c3cc12. The molecular formula is C30H30O12. The minimum absolute atomic E-state index is 0.0538. The molecule has 0 aliphatic heterocycles. The van der Waals surface area contributed by atoms with Crippen LogP contribution in [0.4, 0.5) is 0 Å². The second kappa shape index (κ2) is 12.9. The van der Waals surface area contributed by atoms with Crippen molar-refractivity contribution in [1.82, 2.24) is 0 Å². The number of aliphatic carboxylic acids is 4. The summed E-state index contributed by atoms with van der Waals surface area (Å²) in [6.07, 6.45) is -4.55. The molecule has 0 amide bonds. The van der Waals surface area contributed by atoms with E-state index < -0.39 is 98.0 Å². The van der Waals surface area contributed by atoms with Crippen LogP contribution in [0.1, 0.15) is 72.1 Å². The number of benzene rings is 3. The van der Waals surface area contributed by atoms with Gasteiger partial charge in [0.1, 0.15) is 11.2 Å². The molecule has 0 atom stereocenters. The van der Waals surface area contributed by atoms with Crippen LogP contribution in [0.5, 0.6) is 0 Å². The Bertz CT molecular complexity index is 1420. The number of aliphatic hydroxyl groups is 2. The highest BCUT2D eigenvalue weighted by molar-refractivity contribution is 6.18. The predicted octanol–water partition coefficient (Wildman–Crippen LogP) is 3.28. The lowest BCUT2D eigenvalue weighted by atomic mass is 9.81. The first-order chi connectivity index (χ1) is 19.7. The highest BCUT2D eigenvalue weighted by atomic mass is 16.4. The summed E-state index contributed by atoms with van der Waals surface area (Å²) < 4.78 is 0. The highest BCUT2D eigenvalue weighted by Crippen LogP contribution is 2.34. The number of hydrogen-bond donors (Lipinski definition) is 6. The van der Waals surface area contributed by atoms with Crippen LogP contribution in [-0.4, -0.2) is 77.3 Å². The zero-order chi connectivity index (χ0) is 31.2. The van der Waals surface area contributed by atoms with E-state index in [-0.39, 0.29) is 21.9 Å². The highest BCUT2D eigenvalue weighted by Gasteiger charge is 2.39. The molecule has 222 valence electrons. The largest absolute Gasteiger partial charge is 0.481 e. The van der Waals surface area contributed by atoms with Crippen LogP contribution in [0.2, 0.25) is 0 Å². The lowest BCUT2D eigenvalue weighted by molar-refractivity contribution is -0.140. The van der Waals surface area contributed by atoms with Crippen LogP contribution >= 0.6 is 0 Å². The molecule has 0 fully saturated rings. The van der Waals surface area contributed by atoms with Crippen molar-refractivity contribution in [2.45, 2.75) is 62.6 Å². The quantitative estimate of drug-likeness (QED) is 0.106. The molecule has 0 saturated heterocycles. The third kappa shape index (κ3) is 7.33. The summed E-state index contributed by atoms with van der Waals surface area (Å²) in [4.78, 5) is 72.1. The van der Waals surface area contributed by atoms with Crippen LogP contribution in [0.3, 0.4) is 0 Å². The van der Waals surface area contributed by atoms with Gasteiger partial charge in [-0.25, -0.2) is 0 Å². The molecule has 3 rings (SSSR count). The van der Waals surface area contributed by atoms with E-state index in [0.29, 0.717) is 10.8 Å². The summed E-state index contributed by atoms with van der Waals surface area (Å²) in [6, 6.07) is 12.2. The van der Waals surface area contributed by atoms with E-state index >= 15 is 0 Å². The molecule has 42 heavy (non-hydrogen) atoms. The fourth-order valence-electron chi connectivity index (χ4n) is 4.91. The van der Waals surface area contributed by atoms with Gasteiger partial charge in [0.2, 0.25) is 0 Å². The van der Waals surface area contributed by atoms with E-state index in [0.717, 1.165) is 0 Å². The van der Waals surface area contributed by atoms with Crippen LogP contribution < -0.4 is 0 Å². The van der Waals surface area contributed by atoms with E-state index in [1.54, 1.807) is 18.2 Å². The Hall–Kier alpha value is -4.68. The lowest BCUT2D eigenvalue weighted by Gasteiger charge is -2.27. The van der Waals surface area contributed by atoms with Gasteiger partial charge >= 0.3 is 23.9 Å². The maximum Gasteiger partial charge on any atom is 0.303 e. The Labute approximate surface area is 238 Å². The zero-order valence-corrected chi connectivity index (χ0v) is 22.4. The molecule has 3 aromatic rings. The molecule has 12 nitrogen and oxygen atoms in total. The Morgan fingerprint density at radius 1 is 0.500 bits per heavy atom. The van der Waals surface area contributed by atoms with Crippen molar-refractivity contribution in [2.24, 2.45) is 0 Å². The topological polar surface area (TPSA) is 224 Å². The fourth-order valence-corrected chi connectivity index (χ4v) is 4.91. The molecular weight excluding hydrogens is 552 g/mol. The van der Waals surface area contributed by atoms with Gasteiger partial charge in [-0.3, -0.25) is 28.8 Å². The molecule has 0 saturated carbocycles. The molecule has 0 spiro atoms. The van der Waals surface area contributed by atoms with Gasteiger partial charge < -0.3 is 30.6 Å².